The number of halogens is 4. The van der Waals surface area contributed by atoms with Gasteiger partial charge in [-0.3, -0.25) is 4.79 Å². The smallest absolute Gasteiger partial charge is 0.321 e. The van der Waals surface area contributed by atoms with Crippen LogP contribution in [0.4, 0.5) is 18.9 Å². The molecule has 29 heavy (non-hydrogen) atoms. The lowest BCUT2D eigenvalue weighted by molar-refractivity contribution is -0.137. The molecule has 0 fully saturated rings. The molecular formula is C19H11ClF3NO3S2. The van der Waals surface area contributed by atoms with Crippen LogP contribution in [-0.2, 0) is 21.8 Å². The Kier molecular flexibility index (Phi) is 4.71. The number of carbonyl (C=O) groups excluding carboxylic acids is 1. The molecular weight excluding hydrogens is 447 g/mol. The summed E-state index contributed by atoms with van der Waals surface area (Å²) in [5.41, 5.74) is 0.0476. The van der Waals surface area contributed by atoms with Crippen molar-refractivity contribution >= 4 is 44.4 Å². The minimum atomic E-state index is -4.53. The van der Waals surface area contributed by atoms with Crippen molar-refractivity contribution < 1.29 is 26.4 Å². The Morgan fingerprint density at radius 1 is 1.10 bits per heavy atom. The summed E-state index contributed by atoms with van der Waals surface area (Å²) >= 11 is 7.00. The molecule has 1 amide bonds. The lowest BCUT2D eigenvalue weighted by Gasteiger charge is -2.16. The molecule has 1 aromatic heterocycles. The number of anilines is 1. The summed E-state index contributed by atoms with van der Waals surface area (Å²) < 4.78 is 63.6. The maximum Gasteiger partial charge on any atom is 0.416 e. The molecule has 0 aliphatic carbocycles. The topological polar surface area (TPSA) is 63.2 Å². The Labute approximate surface area is 172 Å². The average Bonchev–Trinajstić information content (AvgIpc) is 3.04. The molecule has 0 spiro atoms. The summed E-state index contributed by atoms with van der Waals surface area (Å²) in [5, 5.41) is 2.72. The third-order valence-corrected chi connectivity index (χ3v) is 7.49. The van der Waals surface area contributed by atoms with E-state index in [0.29, 0.717) is 16.0 Å². The van der Waals surface area contributed by atoms with Gasteiger partial charge in [-0.05, 0) is 42.0 Å². The first-order valence-electron chi connectivity index (χ1n) is 8.18. The minimum absolute atomic E-state index is 0.00370. The normalized spacial score (nSPS) is 14.8. The van der Waals surface area contributed by atoms with Crippen LogP contribution in [-0.4, -0.2) is 14.3 Å². The highest BCUT2D eigenvalue weighted by molar-refractivity contribution is 7.91. The molecule has 150 valence electrons. The van der Waals surface area contributed by atoms with E-state index in [0.717, 1.165) is 23.5 Å². The van der Waals surface area contributed by atoms with E-state index < -0.39 is 27.5 Å². The number of amides is 1. The van der Waals surface area contributed by atoms with Gasteiger partial charge in [-0.25, -0.2) is 8.42 Å². The number of nitrogens with one attached hydrogen (secondary N) is 1. The molecule has 4 rings (SSSR count). The lowest BCUT2D eigenvalue weighted by Crippen LogP contribution is -2.12. The number of benzene rings is 2. The first-order chi connectivity index (χ1) is 13.5. The zero-order valence-corrected chi connectivity index (χ0v) is 16.8. The lowest BCUT2D eigenvalue weighted by atomic mass is 10.1. The first-order valence-corrected chi connectivity index (χ1v) is 11.0. The van der Waals surface area contributed by atoms with Gasteiger partial charge in [-0.1, -0.05) is 23.7 Å². The zero-order valence-electron chi connectivity index (χ0n) is 14.4. The number of alkyl halides is 3. The van der Waals surface area contributed by atoms with E-state index in [1.807, 2.05) is 0 Å². The molecule has 2 heterocycles. The van der Waals surface area contributed by atoms with Crippen LogP contribution in [0.5, 0.6) is 0 Å². The van der Waals surface area contributed by atoms with Crippen molar-refractivity contribution in [3.8, 4) is 10.4 Å². The largest absolute Gasteiger partial charge is 0.416 e. The number of hydrogen-bond acceptors (Lipinski definition) is 4. The summed E-state index contributed by atoms with van der Waals surface area (Å²) in [6, 6.07) is 10.3. The molecule has 4 nitrogen and oxygen atoms in total. The van der Waals surface area contributed by atoms with Crippen LogP contribution in [0, 0.1) is 0 Å². The molecule has 2 aromatic carbocycles. The van der Waals surface area contributed by atoms with Gasteiger partial charge in [0.25, 0.3) is 5.91 Å². The monoisotopic (exact) mass is 457 g/mol. The maximum atomic E-state index is 12.8. The predicted octanol–water partition coefficient (Wildman–Crippen LogP) is 5.63. The van der Waals surface area contributed by atoms with Gasteiger partial charge in [0.05, 0.1) is 21.1 Å². The van der Waals surface area contributed by atoms with Gasteiger partial charge >= 0.3 is 6.18 Å². The molecule has 0 unspecified atom stereocenters. The molecule has 10 heteroatoms. The van der Waals surface area contributed by atoms with E-state index in [1.165, 1.54) is 24.3 Å². The van der Waals surface area contributed by atoms with Gasteiger partial charge in [0.2, 0.25) is 0 Å². The number of rotatable bonds is 2. The van der Waals surface area contributed by atoms with Gasteiger partial charge in [0.1, 0.15) is 0 Å². The number of thiophene rings is 1. The second-order valence-electron chi connectivity index (χ2n) is 6.40. The summed E-state index contributed by atoms with van der Waals surface area (Å²) in [4.78, 5) is 13.5. The number of sulfone groups is 1. The predicted molar refractivity (Wildman–Crippen MR) is 105 cm³/mol. The van der Waals surface area contributed by atoms with Crippen LogP contribution >= 0.6 is 22.9 Å². The fourth-order valence-corrected chi connectivity index (χ4v) is 6.18. The molecule has 0 atom stereocenters. The number of carbonyl (C=O) groups is 1. The highest BCUT2D eigenvalue weighted by Gasteiger charge is 2.32. The Morgan fingerprint density at radius 3 is 2.59 bits per heavy atom. The van der Waals surface area contributed by atoms with Crippen LogP contribution in [0.2, 0.25) is 5.02 Å². The Morgan fingerprint density at radius 2 is 1.86 bits per heavy atom. The van der Waals surface area contributed by atoms with Crippen molar-refractivity contribution in [3.63, 3.8) is 0 Å². The standard InChI is InChI=1S/C19H11ClF3NO3S2/c20-12-4-5-14-16(8-12)29(26,27)9-10-6-15(28-17(10)14)18(25)24-13-3-1-2-11(7-13)19(21,22)23/h1-8H,9H2,(H,24,25). The Balaban J connectivity index is 1.68. The fraction of sp³-hybridized carbons (Fsp3) is 0.105. The quantitative estimate of drug-likeness (QED) is 0.542. The van der Waals surface area contributed by atoms with E-state index in [2.05, 4.69) is 5.32 Å². The molecule has 0 saturated heterocycles. The van der Waals surface area contributed by atoms with Crippen molar-refractivity contribution in [3.05, 3.63) is 69.6 Å². The van der Waals surface area contributed by atoms with E-state index in [1.54, 1.807) is 12.1 Å². The molecule has 0 radical (unpaired) electrons. The molecule has 1 aliphatic rings. The third kappa shape index (κ3) is 3.77. The highest BCUT2D eigenvalue weighted by Crippen LogP contribution is 2.43. The van der Waals surface area contributed by atoms with Crippen molar-refractivity contribution in [1.82, 2.24) is 0 Å². The van der Waals surface area contributed by atoms with Crippen molar-refractivity contribution in [2.75, 3.05) is 5.32 Å². The van der Waals surface area contributed by atoms with E-state index in [4.69, 9.17) is 11.6 Å². The van der Waals surface area contributed by atoms with Gasteiger partial charge in [0, 0.05) is 21.2 Å². The number of fused-ring (bicyclic) bond motifs is 3. The van der Waals surface area contributed by atoms with Gasteiger partial charge < -0.3 is 5.32 Å². The van der Waals surface area contributed by atoms with Crippen LogP contribution in [0.1, 0.15) is 20.8 Å². The first kappa shape index (κ1) is 19.9. The molecule has 3 aromatic rings. The minimum Gasteiger partial charge on any atom is -0.321 e. The fourth-order valence-electron chi connectivity index (χ4n) is 3.07. The second-order valence-corrected chi connectivity index (χ2v) is 9.84. The maximum absolute atomic E-state index is 12.8. The van der Waals surface area contributed by atoms with Crippen LogP contribution < -0.4 is 5.32 Å². The third-order valence-electron chi connectivity index (χ3n) is 4.35. The van der Waals surface area contributed by atoms with Gasteiger partial charge in [-0.2, -0.15) is 13.2 Å². The summed E-state index contributed by atoms with van der Waals surface area (Å²) in [7, 11) is -3.61. The van der Waals surface area contributed by atoms with Crippen molar-refractivity contribution in [2.24, 2.45) is 0 Å². The highest BCUT2D eigenvalue weighted by atomic mass is 35.5. The molecule has 1 aliphatic heterocycles. The summed E-state index contributed by atoms with van der Waals surface area (Å²) in [6.45, 7) is 0. The molecule has 0 saturated carbocycles. The van der Waals surface area contributed by atoms with Crippen molar-refractivity contribution in [2.45, 2.75) is 16.8 Å². The van der Waals surface area contributed by atoms with Crippen LogP contribution in [0.25, 0.3) is 10.4 Å². The summed E-state index contributed by atoms with van der Waals surface area (Å²) in [6.07, 6.45) is -4.53. The number of hydrogen-bond donors (Lipinski definition) is 1. The van der Waals surface area contributed by atoms with Crippen LogP contribution in [0.3, 0.4) is 0 Å². The van der Waals surface area contributed by atoms with E-state index >= 15 is 0 Å². The second kappa shape index (κ2) is 6.86. The Bertz CT molecular complexity index is 1250. The summed E-state index contributed by atoms with van der Waals surface area (Å²) in [5.74, 6) is -0.889. The van der Waals surface area contributed by atoms with E-state index in [9.17, 15) is 26.4 Å². The van der Waals surface area contributed by atoms with Crippen LogP contribution in [0.15, 0.2) is 53.4 Å². The Hall–Kier alpha value is -2.36. The molecule has 1 N–H and O–H groups in total. The SMILES string of the molecule is O=C(Nc1cccc(C(F)(F)F)c1)c1cc2c(s1)-c1ccc(Cl)cc1S(=O)(=O)C2. The van der Waals surface area contributed by atoms with E-state index in [-0.39, 0.29) is 26.2 Å². The average molecular weight is 458 g/mol. The van der Waals surface area contributed by atoms with Crippen molar-refractivity contribution in [1.29, 1.82) is 0 Å². The zero-order chi connectivity index (χ0) is 21.0. The van der Waals surface area contributed by atoms with Gasteiger partial charge in [-0.15, -0.1) is 11.3 Å². The van der Waals surface area contributed by atoms with Gasteiger partial charge in [0.15, 0.2) is 9.84 Å². The molecule has 0 bridgehead atoms.